The van der Waals surface area contributed by atoms with E-state index in [4.69, 9.17) is 4.52 Å². The van der Waals surface area contributed by atoms with Gasteiger partial charge in [-0.1, -0.05) is 33.2 Å². The standard InChI is InChI=1S/C12H10BrNO2/c1-8(15)11-7-14-16-12(11)6-9-3-2-4-10(13)5-9/h2-5,7H,6H2,1H3. The zero-order valence-corrected chi connectivity index (χ0v) is 10.3. The predicted molar refractivity (Wildman–Crippen MR) is 63.5 cm³/mol. The number of carbonyl (C=O) groups excluding carboxylic acids is 1. The van der Waals surface area contributed by atoms with Crippen molar-refractivity contribution < 1.29 is 9.32 Å². The van der Waals surface area contributed by atoms with Gasteiger partial charge >= 0.3 is 0 Å². The van der Waals surface area contributed by atoms with Crippen molar-refractivity contribution in [3.63, 3.8) is 0 Å². The van der Waals surface area contributed by atoms with E-state index in [2.05, 4.69) is 21.1 Å². The van der Waals surface area contributed by atoms with Crippen LogP contribution in [0.2, 0.25) is 0 Å². The summed E-state index contributed by atoms with van der Waals surface area (Å²) < 4.78 is 6.09. The summed E-state index contributed by atoms with van der Waals surface area (Å²) in [6, 6.07) is 7.88. The van der Waals surface area contributed by atoms with E-state index in [1.807, 2.05) is 24.3 Å². The van der Waals surface area contributed by atoms with Crippen LogP contribution in [0.5, 0.6) is 0 Å². The second kappa shape index (κ2) is 4.61. The number of hydrogen-bond donors (Lipinski definition) is 0. The van der Waals surface area contributed by atoms with E-state index in [0.29, 0.717) is 17.7 Å². The lowest BCUT2D eigenvalue weighted by Crippen LogP contribution is -1.96. The lowest BCUT2D eigenvalue weighted by Gasteiger charge is -1.99. The molecule has 0 bridgehead atoms. The Bertz CT molecular complexity index is 519. The highest BCUT2D eigenvalue weighted by atomic mass is 79.9. The molecule has 0 aliphatic rings. The second-order valence-electron chi connectivity index (χ2n) is 3.53. The maximum Gasteiger partial charge on any atom is 0.165 e. The number of hydrogen-bond acceptors (Lipinski definition) is 3. The Kier molecular flexibility index (Phi) is 3.19. The number of nitrogens with zero attached hydrogens (tertiary/aromatic N) is 1. The number of benzene rings is 1. The minimum Gasteiger partial charge on any atom is -0.360 e. The van der Waals surface area contributed by atoms with Crippen LogP contribution in [-0.2, 0) is 6.42 Å². The summed E-state index contributed by atoms with van der Waals surface area (Å²) in [6.07, 6.45) is 2.05. The molecule has 0 radical (unpaired) electrons. The van der Waals surface area contributed by atoms with Gasteiger partial charge < -0.3 is 4.52 Å². The fourth-order valence-corrected chi connectivity index (χ4v) is 1.96. The molecule has 2 aromatic rings. The molecule has 1 aromatic carbocycles. The molecule has 1 heterocycles. The summed E-state index contributed by atoms with van der Waals surface area (Å²) in [6.45, 7) is 1.51. The average Bonchev–Trinajstić information content (AvgIpc) is 2.66. The van der Waals surface area contributed by atoms with E-state index in [1.165, 1.54) is 13.1 Å². The molecule has 3 nitrogen and oxygen atoms in total. The first-order chi connectivity index (χ1) is 7.66. The minimum atomic E-state index is -0.0220. The Balaban J connectivity index is 2.27. The molecule has 82 valence electrons. The number of aromatic nitrogens is 1. The number of rotatable bonds is 3. The van der Waals surface area contributed by atoms with Crippen molar-refractivity contribution in [3.8, 4) is 0 Å². The first-order valence-electron chi connectivity index (χ1n) is 4.86. The molecule has 0 amide bonds. The predicted octanol–water partition coefficient (Wildman–Crippen LogP) is 3.23. The molecule has 0 saturated carbocycles. The molecule has 0 unspecified atom stereocenters. The number of Topliss-reactive ketones (excluding diaryl/α,β-unsaturated/α-hetero) is 1. The van der Waals surface area contributed by atoms with Crippen LogP contribution < -0.4 is 0 Å². The number of carbonyl (C=O) groups is 1. The summed E-state index contributed by atoms with van der Waals surface area (Å²) >= 11 is 3.40. The molecule has 0 saturated heterocycles. The van der Waals surface area contributed by atoms with E-state index in [9.17, 15) is 4.79 Å². The van der Waals surface area contributed by atoms with Gasteiger partial charge in [-0.3, -0.25) is 4.79 Å². The number of ketones is 1. The van der Waals surface area contributed by atoms with Crippen molar-refractivity contribution in [2.75, 3.05) is 0 Å². The number of halogens is 1. The Morgan fingerprint density at radius 1 is 1.50 bits per heavy atom. The fourth-order valence-electron chi connectivity index (χ4n) is 1.51. The Hall–Kier alpha value is -1.42. The summed E-state index contributed by atoms with van der Waals surface area (Å²) in [7, 11) is 0. The zero-order chi connectivity index (χ0) is 11.5. The summed E-state index contributed by atoms with van der Waals surface area (Å²) in [5.74, 6) is 0.594. The van der Waals surface area contributed by atoms with E-state index >= 15 is 0 Å². The highest BCUT2D eigenvalue weighted by Crippen LogP contribution is 2.17. The van der Waals surface area contributed by atoms with Crippen LogP contribution in [0.4, 0.5) is 0 Å². The summed E-state index contributed by atoms with van der Waals surface area (Å²) in [5, 5.41) is 3.65. The van der Waals surface area contributed by atoms with Crippen molar-refractivity contribution in [2.45, 2.75) is 13.3 Å². The van der Waals surface area contributed by atoms with Crippen molar-refractivity contribution >= 4 is 21.7 Å². The highest BCUT2D eigenvalue weighted by molar-refractivity contribution is 9.10. The third-order valence-corrected chi connectivity index (χ3v) is 2.77. The van der Waals surface area contributed by atoms with Crippen molar-refractivity contribution in [2.24, 2.45) is 0 Å². The van der Waals surface area contributed by atoms with Crippen LogP contribution in [-0.4, -0.2) is 10.9 Å². The van der Waals surface area contributed by atoms with Gasteiger partial charge in [0.1, 0.15) is 0 Å². The van der Waals surface area contributed by atoms with Gasteiger partial charge in [-0.2, -0.15) is 0 Å². The molecule has 2 rings (SSSR count). The molecule has 0 atom stereocenters. The van der Waals surface area contributed by atoms with E-state index < -0.39 is 0 Å². The maximum atomic E-state index is 11.3. The average molecular weight is 280 g/mol. The minimum absolute atomic E-state index is 0.0220. The van der Waals surface area contributed by atoms with Crippen LogP contribution in [0, 0.1) is 0 Å². The van der Waals surface area contributed by atoms with Gasteiger partial charge in [0.05, 0.1) is 11.8 Å². The molecular weight excluding hydrogens is 270 g/mol. The van der Waals surface area contributed by atoms with Gasteiger partial charge in [0.2, 0.25) is 0 Å². The summed E-state index contributed by atoms with van der Waals surface area (Å²) in [5.41, 5.74) is 1.63. The summed E-state index contributed by atoms with van der Waals surface area (Å²) in [4.78, 5) is 11.3. The molecule has 0 spiro atoms. The third kappa shape index (κ3) is 2.39. The van der Waals surface area contributed by atoms with Gasteiger partial charge in [0.25, 0.3) is 0 Å². The molecule has 1 aromatic heterocycles. The monoisotopic (exact) mass is 279 g/mol. The molecule has 0 N–H and O–H groups in total. The molecule has 4 heteroatoms. The van der Waals surface area contributed by atoms with Crippen LogP contribution in [0.1, 0.15) is 28.6 Å². The van der Waals surface area contributed by atoms with Gasteiger partial charge in [-0.15, -0.1) is 0 Å². The third-order valence-electron chi connectivity index (χ3n) is 2.28. The van der Waals surface area contributed by atoms with Crippen LogP contribution >= 0.6 is 15.9 Å². The molecule has 0 aliphatic heterocycles. The fraction of sp³-hybridized carbons (Fsp3) is 0.167. The maximum absolute atomic E-state index is 11.3. The van der Waals surface area contributed by atoms with Gasteiger partial charge in [-0.05, 0) is 24.6 Å². The first-order valence-corrected chi connectivity index (χ1v) is 5.65. The van der Waals surface area contributed by atoms with E-state index in [1.54, 1.807) is 0 Å². The smallest absolute Gasteiger partial charge is 0.165 e. The SMILES string of the molecule is CC(=O)c1cnoc1Cc1cccc(Br)c1. The van der Waals surface area contributed by atoms with Gasteiger partial charge in [-0.25, -0.2) is 0 Å². The van der Waals surface area contributed by atoms with Gasteiger partial charge in [0, 0.05) is 10.9 Å². The highest BCUT2D eigenvalue weighted by Gasteiger charge is 2.12. The quantitative estimate of drug-likeness (QED) is 0.811. The topological polar surface area (TPSA) is 43.1 Å². The molecular formula is C12H10BrNO2. The van der Waals surface area contributed by atoms with Crippen LogP contribution in [0.25, 0.3) is 0 Å². The van der Waals surface area contributed by atoms with Crippen molar-refractivity contribution in [1.29, 1.82) is 0 Å². The van der Waals surface area contributed by atoms with E-state index in [0.717, 1.165) is 10.0 Å². The normalized spacial score (nSPS) is 10.4. The zero-order valence-electron chi connectivity index (χ0n) is 8.74. The molecule has 0 aliphatic carbocycles. The first kappa shape index (κ1) is 11.1. The van der Waals surface area contributed by atoms with Crippen molar-refractivity contribution in [1.82, 2.24) is 5.16 Å². The molecule has 0 fully saturated rings. The lowest BCUT2D eigenvalue weighted by molar-refractivity contribution is 0.101. The van der Waals surface area contributed by atoms with Gasteiger partial charge in [0.15, 0.2) is 11.5 Å². The van der Waals surface area contributed by atoms with E-state index in [-0.39, 0.29) is 5.78 Å². The van der Waals surface area contributed by atoms with Crippen molar-refractivity contribution in [3.05, 3.63) is 51.8 Å². The molecule has 16 heavy (non-hydrogen) atoms. The Morgan fingerprint density at radius 3 is 3.00 bits per heavy atom. The lowest BCUT2D eigenvalue weighted by atomic mass is 10.1. The second-order valence-corrected chi connectivity index (χ2v) is 4.44. The Labute approximate surface area is 102 Å². The largest absolute Gasteiger partial charge is 0.360 e. The van der Waals surface area contributed by atoms with Crippen LogP contribution in [0.15, 0.2) is 39.5 Å². The van der Waals surface area contributed by atoms with Crippen LogP contribution in [0.3, 0.4) is 0 Å². The Morgan fingerprint density at radius 2 is 2.31 bits per heavy atom.